The summed E-state index contributed by atoms with van der Waals surface area (Å²) in [5.41, 5.74) is 1.23. The first kappa shape index (κ1) is 9.73. The molecule has 15 heavy (non-hydrogen) atoms. The molecule has 2 aromatic rings. The number of aliphatic hydroxyl groups is 1. The standard InChI is InChI=1S/C11H11NO3/c13-6-5-8-7-15-11(12-8)9-3-1-2-4-10(9)14/h1-4,7,13-14H,5-6H2. The number of hydrogen-bond donors (Lipinski definition) is 2. The third-order valence-corrected chi connectivity index (χ3v) is 2.05. The van der Waals surface area contributed by atoms with Crippen LogP contribution in [-0.4, -0.2) is 21.8 Å². The molecule has 1 aromatic carbocycles. The molecule has 0 amide bonds. The Morgan fingerprint density at radius 1 is 1.27 bits per heavy atom. The van der Waals surface area contributed by atoms with Gasteiger partial charge in [-0.25, -0.2) is 4.98 Å². The van der Waals surface area contributed by atoms with Crippen LogP contribution in [0, 0.1) is 0 Å². The molecule has 0 atom stereocenters. The van der Waals surface area contributed by atoms with E-state index in [9.17, 15) is 5.11 Å². The lowest BCUT2D eigenvalue weighted by molar-refractivity contribution is 0.298. The minimum absolute atomic E-state index is 0.0345. The highest BCUT2D eigenvalue weighted by atomic mass is 16.3. The second kappa shape index (κ2) is 4.14. The van der Waals surface area contributed by atoms with Gasteiger partial charge in [0.25, 0.3) is 0 Å². The van der Waals surface area contributed by atoms with Gasteiger partial charge < -0.3 is 14.6 Å². The van der Waals surface area contributed by atoms with Crippen molar-refractivity contribution in [2.45, 2.75) is 6.42 Å². The summed E-state index contributed by atoms with van der Waals surface area (Å²) in [6.07, 6.45) is 1.94. The van der Waals surface area contributed by atoms with Crippen molar-refractivity contribution in [2.75, 3.05) is 6.61 Å². The van der Waals surface area contributed by atoms with Crippen LogP contribution in [0.1, 0.15) is 5.69 Å². The molecule has 0 aliphatic rings. The summed E-state index contributed by atoms with van der Waals surface area (Å²) < 4.78 is 5.20. The first-order chi connectivity index (χ1) is 7.31. The number of nitrogens with zero attached hydrogens (tertiary/aromatic N) is 1. The van der Waals surface area contributed by atoms with Gasteiger partial charge in [0.2, 0.25) is 5.89 Å². The first-order valence-electron chi connectivity index (χ1n) is 4.65. The number of aromatic hydroxyl groups is 1. The number of aromatic nitrogens is 1. The molecule has 0 radical (unpaired) electrons. The molecule has 0 aliphatic heterocycles. The lowest BCUT2D eigenvalue weighted by Gasteiger charge is -1.97. The van der Waals surface area contributed by atoms with Gasteiger partial charge in [-0.15, -0.1) is 0 Å². The molecular weight excluding hydrogens is 194 g/mol. The maximum Gasteiger partial charge on any atom is 0.229 e. The average molecular weight is 205 g/mol. The molecule has 0 saturated heterocycles. The van der Waals surface area contributed by atoms with Gasteiger partial charge in [0, 0.05) is 13.0 Å². The van der Waals surface area contributed by atoms with Gasteiger partial charge in [-0.2, -0.15) is 0 Å². The Morgan fingerprint density at radius 3 is 2.80 bits per heavy atom. The van der Waals surface area contributed by atoms with Crippen LogP contribution in [0.15, 0.2) is 34.9 Å². The summed E-state index contributed by atoms with van der Waals surface area (Å²) in [6, 6.07) is 6.83. The number of phenolic OH excluding ortho intramolecular Hbond substituents is 1. The fraction of sp³-hybridized carbons (Fsp3) is 0.182. The van der Waals surface area contributed by atoms with Gasteiger partial charge in [-0.1, -0.05) is 12.1 Å². The van der Waals surface area contributed by atoms with Crippen LogP contribution in [0.4, 0.5) is 0 Å². The van der Waals surface area contributed by atoms with Crippen LogP contribution >= 0.6 is 0 Å². The maximum atomic E-state index is 9.55. The van der Waals surface area contributed by atoms with Crippen LogP contribution < -0.4 is 0 Å². The third-order valence-electron chi connectivity index (χ3n) is 2.05. The van der Waals surface area contributed by atoms with E-state index in [4.69, 9.17) is 9.52 Å². The van der Waals surface area contributed by atoms with Crippen molar-refractivity contribution >= 4 is 0 Å². The zero-order chi connectivity index (χ0) is 10.7. The number of benzene rings is 1. The maximum absolute atomic E-state index is 9.55. The Hall–Kier alpha value is -1.81. The molecule has 0 aliphatic carbocycles. The predicted octanol–water partition coefficient (Wildman–Crippen LogP) is 1.58. The van der Waals surface area contributed by atoms with Crippen LogP contribution in [0.2, 0.25) is 0 Å². The Bertz CT molecular complexity index is 451. The fourth-order valence-corrected chi connectivity index (χ4v) is 1.31. The number of para-hydroxylation sites is 1. The van der Waals surface area contributed by atoms with Gasteiger partial charge in [-0.05, 0) is 12.1 Å². The Kier molecular flexibility index (Phi) is 2.69. The zero-order valence-corrected chi connectivity index (χ0v) is 8.05. The molecule has 1 aromatic heterocycles. The number of oxazole rings is 1. The first-order valence-corrected chi connectivity index (χ1v) is 4.65. The normalized spacial score (nSPS) is 10.5. The highest BCUT2D eigenvalue weighted by Gasteiger charge is 2.09. The van der Waals surface area contributed by atoms with Crippen molar-refractivity contribution in [3.05, 3.63) is 36.2 Å². The number of phenols is 1. The largest absolute Gasteiger partial charge is 0.507 e. The number of hydrogen-bond acceptors (Lipinski definition) is 4. The summed E-state index contributed by atoms with van der Waals surface area (Å²) in [5.74, 6) is 0.506. The summed E-state index contributed by atoms with van der Waals surface area (Å²) >= 11 is 0. The minimum atomic E-state index is 0.0345. The van der Waals surface area contributed by atoms with E-state index in [-0.39, 0.29) is 12.4 Å². The Balaban J connectivity index is 2.33. The molecule has 1 heterocycles. The lowest BCUT2D eigenvalue weighted by Crippen LogP contribution is -1.90. The van der Waals surface area contributed by atoms with E-state index in [2.05, 4.69) is 4.98 Å². The molecular formula is C11H11NO3. The molecule has 0 saturated carbocycles. The van der Waals surface area contributed by atoms with E-state index >= 15 is 0 Å². The van der Waals surface area contributed by atoms with Crippen LogP contribution in [0.3, 0.4) is 0 Å². The van der Waals surface area contributed by atoms with Gasteiger partial charge in [-0.3, -0.25) is 0 Å². The zero-order valence-electron chi connectivity index (χ0n) is 8.05. The Morgan fingerprint density at radius 2 is 2.07 bits per heavy atom. The molecule has 0 spiro atoms. The molecule has 4 nitrogen and oxygen atoms in total. The summed E-state index contributed by atoms with van der Waals surface area (Å²) in [6.45, 7) is 0.0345. The second-order valence-corrected chi connectivity index (χ2v) is 3.13. The van der Waals surface area contributed by atoms with E-state index in [1.807, 2.05) is 0 Å². The topological polar surface area (TPSA) is 66.5 Å². The number of rotatable bonds is 3. The average Bonchev–Trinajstić information content (AvgIpc) is 2.68. The SMILES string of the molecule is OCCc1coc(-c2ccccc2O)n1. The smallest absolute Gasteiger partial charge is 0.229 e. The molecule has 0 bridgehead atoms. The van der Waals surface area contributed by atoms with Crippen molar-refractivity contribution in [2.24, 2.45) is 0 Å². The summed E-state index contributed by atoms with van der Waals surface area (Å²) in [4.78, 5) is 4.14. The van der Waals surface area contributed by atoms with Crippen molar-refractivity contribution in [1.29, 1.82) is 0 Å². The lowest BCUT2D eigenvalue weighted by atomic mass is 10.2. The summed E-state index contributed by atoms with van der Waals surface area (Å²) in [5, 5.41) is 18.3. The molecule has 78 valence electrons. The highest BCUT2D eigenvalue weighted by Crippen LogP contribution is 2.27. The van der Waals surface area contributed by atoms with E-state index < -0.39 is 0 Å². The molecule has 0 unspecified atom stereocenters. The van der Waals surface area contributed by atoms with Gasteiger partial charge in [0.1, 0.15) is 12.0 Å². The monoisotopic (exact) mass is 205 g/mol. The molecule has 2 N–H and O–H groups in total. The predicted molar refractivity (Wildman–Crippen MR) is 54.4 cm³/mol. The van der Waals surface area contributed by atoms with Crippen molar-refractivity contribution in [3.63, 3.8) is 0 Å². The van der Waals surface area contributed by atoms with E-state index in [1.165, 1.54) is 6.26 Å². The van der Waals surface area contributed by atoms with Crippen LogP contribution in [0.25, 0.3) is 11.5 Å². The molecule has 2 rings (SSSR count). The van der Waals surface area contributed by atoms with E-state index in [1.54, 1.807) is 24.3 Å². The minimum Gasteiger partial charge on any atom is -0.507 e. The molecule has 4 heteroatoms. The number of aliphatic hydroxyl groups excluding tert-OH is 1. The quantitative estimate of drug-likeness (QED) is 0.798. The van der Waals surface area contributed by atoms with E-state index in [0.717, 1.165) is 0 Å². The van der Waals surface area contributed by atoms with Crippen molar-refractivity contribution in [3.8, 4) is 17.2 Å². The molecule has 0 fully saturated rings. The van der Waals surface area contributed by atoms with E-state index in [0.29, 0.717) is 23.6 Å². The van der Waals surface area contributed by atoms with Crippen molar-refractivity contribution < 1.29 is 14.6 Å². The second-order valence-electron chi connectivity index (χ2n) is 3.13. The highest BCUT2D eigenvalue weighted by molar-refractivity contribution is 5.61. The van der Waals surface area contributed by atoms with Gasteiger partial charge in [0.15, 0.2) is 0 Å². The summed E-state index contributed by atoms with van der Waals surface area (Å²) in [7, 11) is 0. The van der Waals surface area contributed by atoms with Gasteiger partial charge >= 0.3 is 0 Å². The fourth-order valence-electron chi connectivity index (χ4n) is 1.31. The Labute approximate surface area is 86.8 Å². The van der Waals surface area contributed by atoms with Gasteiger partial charge in [0.05, 0.1) is 11.3 Å². The third kappa shape index (κ3) is 1.99. The van der Waals surface area contributed by atoms with Crippen molar-refractivity contribution in [1.82, 2.24) is 4.98 Å². The van der Waals surface area contributed by atoms with Crippen LogP contribution in [0.5, 0.6) is 5.75 Å². The van der Waals surface area contributed by atoms with Crippen LogP contribution in [-0.2, 0) is 6.42 Å².